The molecule has 0 atom stereocenters. The first-order chi connectivity index (χ1) is 7.61. The Morgan fingerprint density at radius 3 is 2.88 bits per heavy atom. The van der Waals surface area contributed by atoms with Crippen molar-refractivity contribution < 1.29 is 14.6 Å². The maximum atomic E-state index is 11.1. The van der Waals surface area contributed by atoms with Crippen LogP contribution in [-0.2, 0) is 13.0 Å². The van der Waals surface area contributed by atoms with Gasteiger partial charge in [0.1, 0.15) is 0 Å². The van der Waals surface area contributed by atoms with Gasteiger partial charge in [0.25, 0.3) is 0 Å². The predicted molar refractivity (Wildman–Crippen MR) is 55.6 cm³/mol. The van der Waals surface area contributed by atoms with Gasteiger partial charge in [0.2, 0.25) is 0 Å². The lowest BCUT2D eigenvalue weighted by Crippen LogP contribution is -2.29. The highest BCUT2D eigenvalue weighted by Crippen LogP contribution is 2.21. The Bertz CT molecular complexity index is 434. The van der Waals surface area contributed by atoms with Gasteiger partial charge in [-0.3, -0.25) is 0 Å². The molecule has 0 aromatic carbocycles. The average molecular weight is 223 g/mol. The Morgan fingerprint density at radius 2 is 2.25 bits per heavy atom. The quantitative estimate of drug-likeness (QED) is 0.770. The molecular weight excluding hydrogens is 210 g/mol. The number of methoxy groups -OCH3 is 1. The number of hydrogen-bond donors (Lipinski definition) is 1. The zero-order chi connectivity index (χ0) is 11.7. The fourth-order valence-corrected chi connectivity index (χ4v) is 1.79. The van der Waals surface area contributed by atoms with Gasteiger partial charge < -0.3 is 14.7 Å². The molecule has 6 heteroatoms. The maximum absolute atomic E-state index is 11.1. The van der Waals surface area contributed by atoms with Crippen LogP contribution >= 0.6 is 0 Å². The summed E-state index contributed by atoms with van der Waals surface area (Å²) in [6.07, 6.45) is 0.727. The summed E-state index contributed by atoms with van der Waals surface area (Å²) in [6, 6.07) is 0.126. The topological polar surface area (TPSA) is 75.5 Å². The van der Waals surface area contributed by atoms with Crippen LogP contribution in [0.1, 0.15) is 21.7 Å². The molecule has 0 unspecified atom stereocenters. The van der Waals surface area contributed by atoms with Crippen LogP contribution in [0.5, 0.6) is 6.01 Å². The number of carboxylic acids is 1. The van der Waals surface area contributed by atoms with Crippen LogP contribution < -0.4 is 4.74 Å². The maximum Gasteiger partial charge on any atom is 0.355 e. The minimum absolute atomic E-state index is 0.0494. The van der Waals surface area contributed by atoms with Crippen LogP contribution in [0.2, 0.25) is 0 Å². The summed E-state index contributed by atoms with van der Waals surface area (Å²) >= 11 is 0. The number of aromatic nitrogens is 2. The molecule has 0 saturated heterocycles. The molecule has 1 aromatic rings. The Hall–Kier alpha value is -1.69. The summed E-state index contributed by atoms with van der Waals surface area (Å²) in [5, 5.41) is 9.08. The van der Waals surface area contributed by atoms with E-state index in [1.165, 1.54) is 7.11 Å². The molecule has 0 saturated carbocycles. The van der Waals surface area contributed by atoms with Crippen molar-refractivity contribution in [2.24, 2.45) is 0 Å². The van der Waals surface area contributed by atoms with Crippen molar-refractivity contribution in [1.29, 1.82) is 0 Å². The third kappa shape index (κ3) is 1.83. The van der Waals surface area contributed by atoms with E-state index in [2.05, 4.69) is 9.97 Å². The van der Waals surface area contributed by atoms with Crippen molar-refractivity contribution in [3.05, 3.63) is 17.0 Å². The Balaban J connectivity index is 2.53. The zero-order valence-electron chi connectivity index (χ0n) is 9.23. The fourth-order valence-electron chi connectivity index (χ4n) is 1.79. The van der Waals surface area contributed by atoms with E-state index in [-0.39, 0.29) is 11.7 Å². The van der Waals surface area contributed by atoms with Gasteiger partial charge in [-0.1, -0.05) is 0 Å². The summed E-state index contributed by atoms with van der Waals surface area (Å²) in [4.78, 5) is 21.2. The number of carboxylic acid groups (broad SMARTS) is 1. The van der Waals surface area contributed by atoms with Gasteiger partial charge in [-0.2, -0.15) is 9.97 Å². The van der Waals surface area contributed by atoms with E-state index >= 15 is 0 Å². The van der Waals surface area contributed by atoms with Gasteiger partial charge in [0.15, 0.2) is 5.69 Å². The molecule has 2 heterocycles. The average Bonchev–Trinajstić information content (AvgIpc) is 2.27. The summed E-state index contributed by atoms with van der Waals surface area (Å²) < 4.78 is 4.90. The van der Waals surface area contributed by atoms with Crippen molar-refractivity contribution in [2.45, 2.75) is 13.0 Å². The number of aromatic carboxylic acids is 1. The molecule has 2 rings (SSSR count). The molecule has 1 N–H and O–H groups in total. The Kier molecular flexibility index (Phi) is 2.74. The number of hydrogen-bond acceptors (Lipinski definition) is 5. The van der Waals surface area contributed by atoms with Crippen LogP contribution in [0.3, 0.4) is 0 Å². The van der Waals surface area contributed by atoms with Crippen LogP contribution in [-0.4, -0.2) is 46.6 Å². The molecule has 1 aromatic heterocycles. The number of carbonyl (C=O) groups is 1. The lowest BCUT2D eigenvalue weighted by atomic mass is 10.0. The van der Waals surface area contributed by atoms with Crippen molar-refractivity contribution in [3.8, 4) is 6.01 Å². The highest BCUT2D eigenvalue weighted by atomic mass is 16.5. The van der Waals surface area contributed by atoms with E-state index in [1.807, 2.05) is 11.9 Å². The van der Waals surface area contributed by atoms with E-state index in [9.17, 15) is 4.79 Å². The molecule has 0 bridgehead atoms. The van der Waals surface area contributed by atoms with E-state index in [0.717, 1.165) is 18.7 Å². The van der Waals surface area contributed by atoms with E-state index in [4.69, 9.17) is 9.84 Å². The minimum atomic E-state index is -1.03. The molecule has 0 aliphatic carbocycles. The lowest BCUT2D eigenvalue weighted by molar-refractivity contribution is 0.0685. The normalized spacial score (nSPS) is 15.6. The van der Waals surface area contributed by atoms with Crippen molar-refractivity contribution >= 4 is 5.97 Å². The minimum Gasteiger partial charge on any atom is -0.476 e. The van der Waals surface area contributed by atoms with Crippen LogP contribution in [0.4, 0.5) is 0 Å². The smallest absolute Gasteiger partial charge is 0.355 e. The van der Waals surface area contributed by atoms with E-state index in [1.54, 1.807) is 0 Å². The predicted octanol–water partition coefficient (Wildman–Crippen LogP) is 0.171. The van der Waals surface area contributed by atoms with Crippen molar-refractivity contribution in [1.82, 2.24) is 14.9 Å². The third-order valence-electron chi connectivity index (χ3n) is 2.62. The Morgan fingerprint density at radius 1 is 1.50 bits per heavy atom. The van der Waals surface area contributed by atoms with Gasteiger partial charge in [0.05, 0.1) is 12.8 Å². The monoisotopic (exact) mass is 223 g/mol. The third-order valence-corrected chi connectivity index (χ3v) is 2.62. The van der Waals surface area contributed by atoms with Crippen molar-refractivity contribution in [2.75, 3.05) is 20.7 Å². The summed E-state index contributed by atoms with van der Waals surface area (Å²) in [6.45, 7) is 1.44. The molecule has 0 amide bonds. The van der Waals surface area contributed by atoms with E-state index in [0.29, 0.717) is 12.1 Å². The number of ether oxygens (including phenoxy) is 1. The largest absolute Gasteiger partial charge is 0.476 e. The highest BCUT2D eigenvalue weighted by molar-refractivity contribution is 5.87. The van der Waals surface area contributed by atoms with Gasteiger partial charge in [-0.25, -0.2) is 4.79 Å². The molecule has 16 heavy (non-hydrogen) atoms. The molecular formula is C10H13N3O3. The molecule has 0 fully saturated rings. The number of nitrogens with zero attached hydrogens (tertiary/aromatic N) is 3. The standard InChI is InChI=1S/C10H13N3O3/c1-13-4-3-7-6(5-13)8(9(14)15)12-10(11-7)16-2/h3-5H2,1-2H3,(H,14,15). The summed E-state index contributed by atoms with van der Waals surface area (Å²) in [5.74, 6) is -1.03. The summed E-state index contributed by atoms with van der Waals surface area (Å²) in [7, 11) is 3.38. The van der Waals surface area contributed by atoms with Crippen LogP contribution in [0.15, 0.2) is 0 Å². The molecule has 1 aliphatic rings. The number of fused-ring (bicyclic) bond motifs is 1. The second-order valence-electron chi connectivity index (χ2n) is 3.78. The second-order valence-corrected chi connectivity index (χ2v) is 3.78. The lowest BCUT2D eigenvalue weighted by Gasteiger charge is -2.24. The van der Waals surface area contributed by atoms with Gasteiger partial charge >= 0.3 is 12.0 Å². The van der Waals surface area contributed by atoms with Crippen molar-refractivity contribution in [3.63, 3.8) is 0 Å². The molecule has 1 aliphatic heterocycles. The van der Waals surface area contributed by atoms with Gasteiger partial charge in [0, 0.05) is 25.1 Å². The first-order valence-corrected chi connectivity index (χ1v) is 4.97. The van der Waals surface area contributed by atoms with Gasteiger partial charge in [-0.15, -0.1) is 0 Å². The van der Waals surface area contributed by atoms with E-state index < -0.39 is 5.97 Å². The summed E-state index contributed by atoms with van der Waals surface area (Å²) in [5.41, 5.74) is 1.53. The van der Waals surface area contributed by atoms with Crippen LogP contribution in [0, 0.1) is 0 Å². The number of rotatable bonds is 2. The first kappa shape index (κ1) is 10.8. The highest BCUT2D eigenvalue weighted by Gasteiger charge is 2.24. The molecule has 0 spiro atoms. The second kappa shape index (κ2) is 4.05. The first-order valence-electron chi connectivity index (χ1n) is 4.97. The van der Waals surface area contributed by atoms with Gasteiger partial charge in [-0.05, 0) is 7.05 Å². The number of likely N-dealkylation sites (N-methyl/N-ethyl adjacent to an activating group) is 1. The SMILES string of the molecule is COc1nc2c(c(C(=O)O)n1)CN(C)CC2. The molecule has 6 nitrogen and oxygen atoms in total. The molecule has 86 valence electrons. The van der Waals surface area contributed by atoms with Crippen LogP contribution in [0.25, 0.3) is 0 Å². The Labute approximate surface area is 92.9 Å². The fraction of sp³-hybridized carbons (Fsp3) is 0.500. The molecule has 0 radical (unpaired) electrons. The zero-order valence-corrected chi connectivity index (χ0v) is 9.23.